The largest absolute Gasteiger partial charge is 0.364 e. The van der Waals surface area contributed by atoms with E-state index < -0.39 is 0 Å². The van der Waals surface area contributed by atoms with Crippen molar-refractivity contribution < 1.29 is 0 Å². The molecule has 5 heteroatoms. The summed E-state index contributed by atoms with van der Waals surface area (Å²) in [6.45, 7) is 0. The van der Waals surface area contributed by atoms with Crippen LogP contribution in [0.5, 0.6) is 0 Å². The van der Waals surface area contributed by atoms with E-state index in [4.69, 9.17) is 11.6 Å². The number of halogens is 2. The van der Waals surface area contributed by atoms with Crippen LogP contribution in [0.4, 0.5) is 5.82 Å². The summed E-state index contributed by atoms with van der Waals surface area (Å²) in [7, 11) is 3.96. The minimum Gasteiger partial charge on any atom is -0.364 e. The Hall–Kier alpha value is -0.740. The van der Waals surface area contributed by atoms with E-state index in [2.05, 4.69) is 20.9 Å². The highest BCUT2D eigenvalue weighted by molar-refractivity contribution is 9.10. The number of anilines is 1. The van der Waals surface area contributed by atoms with Gasteiger partial charge in [-0.1, -0.05) is 17.7 Å². The fourth-order valence-electron chi connectivity index (χ4n) is 1.39. The Labute approximate surface area is 95.4 Å². The summed E-state index contributed by atoms with van der Waals surface area (Å²) in [6, 6.07) is 5.91. The third kappa shape index (κ3) is 1.38. The van der Waals surface area contributed by atoms with Gasteiger partial charge in [0.15, 0.2) is 9.89 Å². The first kappa shape index (κ1) is 9.80. The summed E-state index contributed by atoms with van der Waals surface area (Å²) in [5.41, 5.74) is 0.907. The molecular formula is C9H9BrClN3. The summed E-state index contributed by atoms with van der Waals surface area (Å²) >= 11 is 9.35. The Kier molecular flexibility index (Phi) is 2.41. The van der Waals surface area contributed by atoms with Crippen LogP contribution >= 0.6 is 27.5 Å². The van der Waals surface area contributed by atoms with Gasteiger partial charge < -0.3 is 4.90 Å². The number of hydrogen-bond acceptors (Lipinski definition) is 2. The molecule has 0 aliphatic rings. The highest BCUT2D eigenvalue weighted by atomic mass is 79.9. The zero-order chi connectivity index (χ0) is 10.3. The molecule has 2 aromatic heterocycles. The number of hydrogen-bond donors (Lipinski definition) is 0. The summed E-state index contributed by atoms with van der Waals surface area (Å²) in [5, 5.41) is 0.514. The van der Waals surface area contributed by atoms with E-state index in [1.807, 2.05) is 41.6 Å². The second-order valence-electron chi connectivity index (χ2n) is 3.17. The molecule has 0 aromatic carbocycles. The monoisotopic (exact) mass is 273 g/mol. The lowest BCUT2D eigenvalue weighted by Gasteiger charge is -2.14. The second kappa shape index (κ2) is 3.44. The smallest absolute Gasteiger partial charge is 0.184 e. The third-order valence-electron chi connectivity index (χ3n) is 2.01. The van der Waals surface area contributed by atoms with Gasteiger partial charge in [0.25, 0.3) is 0 Å². The lowest BCUT2D eigenvalue weighted by Crippen LogP contribution is -2.12. The number of aromatic nitrogens is 2. The van der Waals surface area contributed by atoms with Gasteiger partial charge in [0.2, 0.25) is 0 Å². The predicted octanol–water partition coefficient (Wildman–Crippen LogP) is 2.82. The van der Waals surface area contributed by atoms with Crippen LogP contribution in [0.2, 0.25) is 5.15 Å². The molecule has 2 rings (SSSR count). The second-order valence-corrected chi connectivity index (χ2v) is 4.24. The van der Waals surface area contributed by atoms with Crippen LogP contribution in [0.1, 0.15) is 0 Å². The molecule has 2 aromatic rings. The molecule has 0 radical (unpaired) electrons. The lowest BCUT2D eigenvalue weighted by molar-refractivity contribution is 0.998. The van der Waals surface area contributed by atoms with Gasteiger partial charge in [-0.2, -0.15) is 0 Å². The third-order valence-corrected chi connectivity index (χ3v) is 2.82. The van der Waals surface area contributed by atoms with Crippen molar-refractivity contribution in [2.24, 2.45) is 0 Å². The zero-order valence-corrected chi connectivity index (χ0v) is 10.2. The first-order valence-electron chi connectivity index (χ1n) is 4.11. The summed E-state index contributed by atoms with van der Waals surface area (Å²) < 4.78 is 2.68. The van der Waals surface area contributed by atoms with Crippen LogP contribution in [0.15, 0.2) is 22.9 Å². The van der Waals surface area contributed by atoms with Crippen molar-refractivity contribution >= 4 is 38.9 Å². The molecule has 0 unspecified atom stereocenters. The van der Waals surface area contributed by atoms with Crippen molar-refractivity contribution in [1.82, 2.24) is 9.38 Å². The number of imidazole rings is 1. The van der Waals surface area contributed by atoms with E-state index in [-0.39, 0.29) is 0 Å². The maximum atomic E-state index is 5.97. The first-order valence-corrected chi connectivity index (χ1v) is 5.28. The Bertz CT molecular complexity index is 478. The Morgan fingerprint density at radius 2 is 2.14 bits per heavy atom. The van der Waals surface area contributed by atoms with Crippen molar-refractivity contribution in [3.8, 4) is 0 Å². The molecule has 0 bridgehead atoms. The van der Waals surface area contributed by atoms with Gasteiger partial charge in [-0.25, -0.2) is 4.98 Å². The van der Waals surface area contributed by atoms with E-state index in [9.17, 15) is 0 Å². The van der Waals surface area contributed by atoms with Crippen LogP contribution in [0.3, 0.4) is 0 Å². The van der Waals surface area contributed by atoms with Crippen molar-refractivity contribution in [3.63, 3.8) is 0 Å². The molecule has 0 fully saturated rings. The van der Waals surface area contributed by atoms with Gasteiger partial charge in [-0.3, -0.25) is 4.40 Å². The summed E-state index contributed by atoms with van der Waals surface area (Å²) in [4.78, 5) is 6.16. The predicted molar refractivity (Wildman–Crippen MR) is 62.2 cm³/mol. The fraction of sp³-hybridized carbons (Fsp3) is 0.222. The van der Waals surface area contributed by atoms with Crippen LogP contribution in [0, 0.1) is 0 Å². The summed E-state index contributed by atoms with van der Waals surface area (Å²) in [5.74, 6) is 1.04. The molecule has 3 nitrogen and oxygen atoms in total. The van der Waals surface area contributed by atoms with Gasteiger partial charge in [-0.15, -0.1) is 0 Å². The number of pyridine rings is 1. The van der Waals surface area contributed by atoms with Crippen LogP contribution in [-0.4, -0.2) is 23.5 Å². The Balaban J connectivity index is 2.85. The maximum absolute atomic E-state index is 5.97. The molecule has 0 N–H and O–H groups in total. The topological polar surface area (TPSA) is 20.5 Å². The van der Waals surface area contributed by atoms with Gasteiger partial charge in [0, 0.05) is 14.1 Å². The molecular weight excluding hydrogens is 265 g/mol. The quantitative estimate of drug-likeness (QED) is 0.797. The molecule has 14 heavy (non-hydrogen) atoms. The molecule has 0 atom stereocenters. The van der Waals surface area contributed by atoms with Crippen molar-refractivity contribution in [2.45, 2.75) is 0 Å². The molecule has 0 amide bonds. The van der Waals surface area contributed by atoms with Crippen LogP contribution in [-0.2, 0) is 0 Å². The average Bonchev–Trinajstić information content (AvgIpc) is 2.43. The normalized spacial score (nSPS) is 10.9. The molecule has 74 valence electrons. The Morgan fingerprint density at radius 1 is 1.43 bits per heavy atom. The van der Waals surface area contributed by atoms with Crippen molar-refractivity contribution in [1.29, 1.82) is 0 Å². The zero-order valence-electron chi connectivity index (χ0n) is 7.83. The van der Waals surface area contributed by atoms with Gasteiger partial charge >= 0.3 is 0 Å². The van der Waals surface area contributed by atoms with Crippen LogP contribution < -0.4 is 4.90 Å². The minimum absolute atomic E-state index is 0.514. The molecule has 0 saturated heterocycles. The first-order chi connectivity index (χ1) is 6.61. The number of rotatable bonds is 1. The average molecular weight is 275 g/mol. The van der Waals surface area contributed by atoms with Crippen molar-refractivity contribution in [2.75, 3.05) is 19.0 Å². The van der Waals surface area contributed by atoms with E-state index in [1.54, 1.807) is 0 Å². The van der Waals surface area contributed by atoms with E-state index in [0.29, 0.717) is 5.15 Å². The van der Waals surface area contributed by atoms with Gasteiger partial charge in [0.1, 0.15) is 5.82 Å². The highest BCUT2D eigenvalue weighted by Gasteiger charge is 2.10. The lowest BCUT2D eigenvalue weighted by atomic mass is 10.4. The maximum Gasteiger partial charge on any atom is 0.184 e. The number of fused-ring (bicyclic) bond motifs is 1. The summed E-state index contributed by atoms with van der Waals surface area (Å²) in [6.07, 6.45) is 0. The fourth-order valence-corrected chi connectivity index (χ4v) is 2.27. The molecule has 0 aliphatic heterocycles. The minimum atomic E-state index is 0.514. The number of nitrogens with zero attached hydrogens (tertiary/aromatic N) is 3. The van der Waals surface area contributed by atoms with E-state index >= 15 is 0 Å². The molecule has 2 heterocycles. The van der Waals surface area contributed by atoms with E-state index in [0.717, 1.165) is 16.1 Å². The van der Waals surface area contributed by atoms with E-state index in [1.165, 1.54) is 0 Å². The molecule has 0 aliphatic carbocycles. The Morgan fingerprint density at radius 3 is 2.79 bits per heavy atom. The van der Waals surface area contributed by atoms with Crippen LogP contribution in [0.25, 0.3) is 5.52 Å². The van der Waals surface area contributed by atoms with Crippen molar-refractivity contribution in [3.05, 3.63) is 28.1 Å². The van der Waals surface area contributed by atoms with Gasteiger partial charge in [0.05, 0.1) is 5.52 Å². The SMILES string of the molecule is CN(C)c1cccc2c(Cl)nc(Br)n12. The molecule has 0 saturated carbocycles. The highest BCUT2D eigenvalue weighted by Crippen LogP contribution is 2.26. The standard InChI is InChI=1S/C9H9BrClN3/c1-13(2)7-5-3-4-6-8(11)12-9(10)14(6)7/h3-5H,1-2H3. The molecule has 0 spiro atoms. The van der Waals surface area contributed by atoms with Gasteiger partial charge in [-0.05, 0) is 28.1 Å².